The number of amides is 1. The highest BCUT2D eigenvalue weighted by atomic mass is 16.7. The van der Waals surface area contributed by atoms with Crippen molar-refractivity contribution in [3.8, 4) is 0 Å². The molecule has 140 valence electrons. The van der Waals surface area contributed by atoms with Gasteiger partial charge in [0.25, 0.3) is 5.56 Å². The highest BCUT2D eigenvalue weighted by Gasteiger charge is 2.62. The second-order valence-electron chi connectivity index (χ2n) is 6.84. The van der Waals surface area contributed by atoms with Gasteiger partial charge in [0.05, 0.1) is 19.5 Å². The molecule has 11 nitrogen and oxygen atoms in total. The number of ether oxygens (including phenoxy) is 2. The van der Waals surface area contributed by atoms with Gasteiger partial charge in [-0.1, -0.05) is 13.8 Å². The SMILES string of the molecule is CC(C)C(=O)Nc1nc2c(ncn2[C@@H]2O[C@@]3(CO)CO[C@H]3[C@H]2O)c(=O)[nH]1. The van der Waals surface area contributed by atoms with Gasteiger partial charge in [0.15, 0.2) is 17.4 Å². The van der Waals surface area contributed by atoms with Gasteiger partial charge in [0.2, 0.25) is 11.9 Å². The third-order valence-electron chi connectivity index (χ3n) is 4.72. The monoisotopic (exact) mass is 365 g/mol. The second kappa shape index (κ2) is 5.84. The van der Waals surface area contributed by atoms with E-state index < -0.39 is 29.6 Å². The largest absolute Gasteiger partial charge is 0.393 e. The van der Waals surface area contributed by atoms with Crippen molar-refractivity contribution in [2.24, 2.45) is 5.92 Å². The number of carbonyl (C=O) groups excluding carboxylic acids is 1. The van der Waals surface area contributed by atoms with E-state index in [9.17, 15) is 19.8 Å². The summed E-state index contributed by atoms with van der Waals surface area (Å²) >= 11 is 0. The number of fused-ring (bicyclic) bond motifs is 2. The lowest BCUT2D eigenvalue weighted by atomic mass is 9.91. The van der Waals surface area contributed by atoms with Crippen LogP contribution in [0.2, 0.25) is 0 Å². The molecule has 2 saturated heterocycles. The highest BCUT2D eigenvalue weighted by Crippen LogP contribution is 2.45. The maximum absolute atomic E-state index is 12.2. The van der Waals surface area contributed by atoms with E-state index in [1.807, 2.05) is 0 Å². The van der Waals surface area contributed by atoms with E-state index in [0.29, 0.717) is 0 Å². The minimum absolute atomic E-state index is 0.0217. The van der Waals surface area contributed by atoms with Crippen molar-refractivity contribution < 1.29 is 24.5 Å². The number of nitrogens with zero attached hydrogens (tertiary/aromatic N) is 3. The lowest BCUT2D eigenvalue weighted by Crippen LogP contribution is -2.61. The van der Waals surface area contributed by atoms with Crippen LogP contribution < -0.4 is 10.9 Å². The topological polar surface area (TPSA) is 152 Å². The van der Waals surface area contributed by atoms with E-state index >= 15 is 0 Å². The molecule has 2 fully saturated rings. The molecule has 4 heterocycles. The number of aliphatic hydroxyl groups excluding tert-OH is 2. The van der Waals surface area contributed by atoms with Crippen LogP contribution in [0.3, 0.4) is 0 Å². The average Bonchev–Trinajstić information content (AvgIpc) is 3.06. The summed E-state index contributed by atoms with van der Waals surface area (Å²) in [5.74, 6) is -0.619. The number of hydrogen-bond acceptors (Lipinski definition) is 8. The summed E-state index contributed by atoms with van der Waals surface area (Å²) in [7, 11) is 0. The van der Waals surface area contributed by atoms with Crippen LogP contribution in [0.4, 0.5) is 5.95 Å². The number of carbonyl (C=O) groups is 1. The quantitative estimate of drug-likeness (QED) is 0.524. The maximum Gasteiger partial charge on any atom is 0.280 e. The second-order valence-corrected chi connectivity index (χ2v) is 6.84. The Morgan fingerprint density at radius 2 is 2.35 bits per heavy atom. The third-order valence-corrected chi connectivity index (χ3v) is 4.72. The number of aromatic nitrogens is 4. The molecule has 2 aromatic heterocycles. The van der Waals surface area contributed by atoms with Gasteiger partial charge in [-0.25, -0.2) is 4.98 Å². The van der Waals surface area contributed by atoms with Crippen LogP contribution in [-0.4, -0.2) is 66.7 Å². The first-order chi connectivity index (χ1) is 12.4. The lowest BCUT2D eigenvalue weighted by molar-refractivity contribution is -0.246. The Hall–Kier alpha value is -2.34. The molecule has 2 aliphatic heterocycles. The molecule has 0 aliphatic carbocycles. The number of aliphatic hydroxyl groups is 2. The van der Waals surface area contributed by atoms with Crippen LogP contribution in [0, 0.1) is 5.92 Å². The summed E-state index contributed by atoms with van der Waals surface area (Å²) in [6, 6.07) is 0. The molecule has 0 radical (unpaired) electrons. The number of H-pyrrole nitrogens is 1. The fraction of sp³-hybridized carbons (Fsp3) is 0.600. The van der Waals surface area contributed by atoms with E-state index in [0.717, 1.165) is 0 Å². The minimum atomic E-state index is -1.07. The number of imidazole rings is 1. The number of rotatable bonds is 4. The Labute approximate surface area is 147 Å². The molecule has 0 unspecified atom stereocenters. The number of hydrogen-bond donors (Lipinski definition) is 4. The first-order valence-corrected chi connectivity index (χ1v) is 8.22. The van der Waals surface area contributed by atoms with Crippen LogP contribution in [0.1, 0.15) is 20.1 Å². The van der Waals surface area contributed by atoms with Gasteiger partial charge >= 0.3 is 0 Å². The first-order valence-electron chi connectivity index (χ1n) is 8.22. The molecule has 0 bridgehead atoms. The molecule has 0 saturated carbocycles. The van der Waals surface area contributed by atoms with Crippen molar-refractivity contribution in [1.82, 2.24) is 19.5 Å². The lowest BCUT2D eigenvalue weighted by Gasteiger charge is -2.41. The molecule has 4 rings (SSSR count). The zero-order valence-corrected chi connectivity index (χ0v) is 14.2. The summed E-state index contributed by atoms with van der Waals surface area (Å²) < 4.78 is 12.5. The highest BCUT2D eigenvalue weighted by molar-refractivity contribution is 5.91. The Bertz CT molecular complexity index is 919. The summed E-state index contributed by atoms with van der Waals surface area (Å²) in [6.45, 7) is 3.28. The van der Waals surface area contributed by atoms with Gasteiger partial charge in [-0.05, 0) is 0 Å². The predicted molar refractivity (Wildman–Crippen MR) is 87.3 cm³/mol. The smallest absolute Gasteiger partial charge is 0.280 e. The van der Waals surface area contributed by atoms with Crippen molar-refractivity contribution in [3.63, 3.8) is 0 Å². The van der Waals surface area contributed by atoms with Crippen LogP contribution in [0.15, 0.2) is 11.1 Å². The Balaban J connectivity index is 1.73. The number of nitrogens with one attached hydrogen (secondary N) is 2. The molecule has 4 N–H and O–H groups in total. The first kappa shape index (κ1) is 17.1. The molecule has 2 aliphatic rings. The fourth-order valence-electron chi connectivity index (χ4n) is 3.16. The van der Waals surface area contributed by atoms with Crippen LogP contribution in [-0.2, 0) is 14.3 Å². The molecule has 1 amide bonds. The standard InChI is InChI=1S/C15H19N5O6/c1-6(2)11(23)18-14-17-10-7(12(24)19-14)16-5-20(10)13-8(22)9-15(3-21,26-13)4-25-9/h5-6,8-9,13,21-22H,3-4H2,1-2H3,(H2,17,18,19,23,24)/t8-,9+,13-,15+/m1/s1. The van der Waals surface area contributed by atoms with Crippen LogP contribution in [0.25, 0.3) is 11.2 Å². The van der Waals surface area contributed by atoms with E-state index in [1.165, 1.54) is 10.9 Å². The summed E-state index contributed by atoms with van der Waals surface area (Å²) in [5, 5.41) is 22.6. The Morgan fingerprint density at radius 1 is 1.58 bits per heavy atom. The predicted octanol–water partition coefficient (Wildman–Crippen LogP) is -1.27. The molecule has 0 spiro atoms. The average molecular weight is 365 g/mol. The molecule has 0 aromatic carbocycles. The van der Waals surface area contributed by atoms with Crippen molar-refractivity contribution in [2.45, 2.75) is 37.9 Å². The van der Waals surface area contributed by atoms with Gasteiger partial charge in [-0.15, -0.1) is 0 Å². The van der Waals surface area contributed by atoms with Gasteiger partial charge in [0, 0.05) is 5.92 Å². The van der Waals surface area contributed by atoms with E-state index in [1.54, 1.807) is 13.8 Å². The molecule has 4 atom stereocenters. The molecular formula is C15H19N5O6. The van der Waals surface area contributed by atoms with Crippen molar-refractivity contribution in [1.29, 1.82) is 0 Å². The maximum atomic E-state index is 12.2. The zero-order valence-electron chi connectivity index (χ0n) is 14.2. The molecule has 26 heavy (non-hydrogen) atoms. The van der Waals surface area contributed by atoms with Gasteiger partial charge < -0.3 is 19.7 Å². The van der Waals surface area contributed by atoms with Crippen molar-refractivity contribution in [2.75, 3.05) is 18.5 Å². The molecule has 11 heteroatoms. The summed E-state index contributed by atoms with van der Waals surface area (Å²) in [6.07, 6.45) is -1.34. The van der Waals surface area contributed by atoms with Gasteiger partial charge in [-0.2, -0.15) is 4.98 Å². The number of aromatic amines is 1. The molecular weight excluding hydrogens is 346 g/mol. The van der Waals surface area contributed by atoms with Crippen LogP contribution in [0.5, 0.6) is 0 Å². The zero-order chi connectivity index (χ0) is 18.6. The van der Waals surface area contributed by atoms with Crippen molar-refractivity contribution in [3.05, 3.63) is 16.7 Å². The minimum Gasteiger partial charge on any atom is -0.393 e. The van der Waals surface area contributed by atoms with E-state index in [-0.39, 0.29) is 42.2 Å². The van der Waals surface area contributed by atoms with Crippen LogP contribution >= 0.6 is 0 Å². The summed E-state index contributed by atoms with van der Waals surface area (Å²) in [5.41, 5.74) is -1.32. The van der Waals surface area contributed by atoms with E-state index in [4.69, 9.17) is 9.47 Å². The van der Waals surface area contributed by atoms with Gasteiger partial charge in [0.1, 0.15) is 17.8 Å². The summed E-state index contributed by atoms with van der Waals surface area (Å²) in [4.78, 5) is 34.8. The fourth-order valence-corrected chi connectivity index (χ4v) is 3.16. The Kier molecular flexibility index (Phi) is 3.84. The number of anilines is 1. The normalized spacial score (nSPS) is 30.4. The van der Waals surface area contributed by atoms with Gasteiger partial charge in [-0.3, -0.25) is 24.5 Å². The molecule has 2 aromatic rings. The van der Waals surface area contributed by atoms with E-state index in [2.05, 4.69) is 20.3 Å². The Morgan fingerprint density at radius 3 is 2.92 bits per heavy atom. The van der Waals surface area contributed by atoms with Crippen molar-refractivity contribution >= 4 is 23.0 Å². The third kappa shape index (κ3) is 2.35.